The SMILES string of the molecule is N#CCC(=O)Nc1ccc(CNC(=O)c2cccc(O)c2)cc1. The normalized spacial score (nSPS) is 9.70. The van der Waals surface area contributed by atoms with E-state index in [0.29, 0.717) is 17.8 Å². The number of anilines is 1. The van der Waals surface area contributed by atoms with Crippen molar-refractivity contribution in [3.05, 3.63) is 59.7 Å². The molecule has 0 saturated heterocycles. The van der Waals surface area contributed by atoms with E-state index in [0.717, 1.165) is 5.56 Å². The number of hydrogen-bond acceptors (Lipinski definition) is 4. The topological polar surface area (TPSA) is 102 Å². The van der Waals surface area contributed by atoms with E-state index in [2.05, 4.69) is 10.6 Å². The van der Waals surface area contributed by atoms with Gasteiger partial charge in [-0.1, -0.05) is 18.2 Å². The molecule has 0 aromatic heterocycles. The lowest BCUT2D eigenvalue weighted by Crippen LogP contribution is -2.22. The van der Waals surface area contributed by atoms with Crippen LogP contribution in [0.25, 0.3) is 0 Å². The van der Waals surface area contributed by atoms with Crippen molar-refractivity contribution >= 4 is 17.5 Å². The number of carbonyl (C=O) groups is 2. The molecule has 0 fully saturated rings. The molecule has 2 aromatic rings. The molecule has 0 unspecified atom stereocenters. The van der Waals surface area contributed by atoms with E-state index >= 15 is 0 Å². The van der Waals surface area contributed by atoms with Crippen LogP contribution in [0, 0.1) is 11.3 Å². The summed E-state index contributed by atoms with van der Waals surface area (Å²) >= 11 is 0. The molecule has 0 saturated carbocycles. The molecule has 0 aliphatic heterocycles. The Morgan fingerprint density at radius 3 is 2.52 bits per heavy atom. The lowest BCUT2D eigenvalue weighted by atomic mass is 10.1. The number of nitrogens with one attached hydrogen (secondary N) is 2. The molecule has 0 aliphatic rings. The summed E-state index contributed by atoms with van der Waals surface area (Å²) in [7, 11) is 0. The number of hydrogen-bond donors (Lipinski definition) is 3. The zero-order chi connectivity index (χ0) is 16.7. The molecule has 0 heterocycles. The van der Waals surface area contributed by atoms with Crippen LogP contribution in [-0.4, -0.2) is 16.9 Å². The Bertz CT molecular complexity index is 748. The van der Waals surface area contributed by atoms with Gasteiger partial charge in [0.05, 0.1) is 6.07 Å². The van der Waals surface area contributed by atoms with E-state index < -0.39 is 0 Å². The fourth-order valence-corrected chi connectivity index (χ4v) is 1.91. The average molecular weight is 309 g/mol. The van der Waals surface area contributed by atoms with Gasteiger partial charge in [0.15, 0.2) is 0 Å². The largest absolute Gasteiger partial charge is 0.508 e. The molecule has 2 rings (SSSR count). The second kappa shape index (κ2) is 7.61. The first-order valence-electron chi connectivity index (χ1n) is 6.91. The number of aromatic hydroxyl groups is 1. The standard InChI is InChI=1S/C17H15N3O3/c18-9-8-16(22)20-14-6-4-12(5-7-14)11-19-17(23)13-2-1-3-15(21)10-13/h1-7,10,21H,8,11H2,(H,19,23)(H,20,22). The molecule has 0 bridgehead atoms. The van der Waals surface area contributed by atoms with Crippen LogP contribution >= 0.6 is 0 Å². The second-order valence-electron chi connectivity index (χ2n) is 4.81. The Kier molecular flexibility index (Phi) is 5.31. The Morgan fingerprint density at radius 2 is 1.87 bits per heavy atom. The van der Waals surface area contributed by atoms with E-state index in [-0.39, 0.29) is 24.0 Å². The van der Waals surface area contributed by atoms with Gasteiger partial charge in [-0.25, -0.2) is 0 Å². The quantitative estimate of drug-likeness (QED) is 0.787. The van der Waals surface area contributed by atoms with Crippen molar-refractivity contribution in [2.45, 2.75) is 13.0 Å². The van der Waals surface area contributed by atoms with Crippen molar-refractivity contribution in [3.8, 4) is 11.8 Å². The van der Waals surface area contributed by atoms with E-state index in [1.54, 1.807) is 42.5 Å². The van der Waals surface area contributed by atoms with Gasteiger partial charge in [-0.05, 0) is 35.9 Å². The molecule has 116 valence electrons. The average Bonchev–Trinajstić information content (AvgIpc) is 2.54. The van der Waals surface area contributed by atoms with Crippen molar-refractivity contribution in [2.75, 3.05) is 5.32 Å². The highest BCUT2D eigenvalue weighted by Gasteiger charge is 2.06. The smallest absolute Gasteiger partial charge is 0.251 e. The van der Waals surface area contributed by atoms with Crippen molar-refractivity contribution in [2.24, 2.45) is 0 Å². The fraction of sp³-hybridized carbons (Fsp3) is 0.118. The third-order valence-corrected chi connectivity index (χ3v) is 3.04. The molecule has 6 nitrogen and oxygen atoms in total. The molecule has 6 heteroatoms. The molecule has 0 radical (unpaired) electrons. The van der Waals surface area contributed by atoms with Gasteiger partial charge < -0.3 is 15.7 Å². The maximum absolute atomic E-state index is 11.9. The molecule has 0 spiro atoms. The second-order valence-corrected chi connectivity index (χ2v) is 4.81. The predicted octanol–water partition coefficient (Wildman–Crippen LogP) is 2.17. The molecule has 2 aromatic carbocycles. The third-order valence-electron chi connectivity index (χ3n) is 3.04. The first-order valence-corrected chi connectivity index (χ1v) is 6.91. The van der Waals surface area contributed by atoms with Crippen molar-refractivity contribution < 1.29 is 14.7 Å². The lowest BCUT2D eigenvalue weighted by Gasteiger charge is -2.07. The van der Waals surface area contributed by atoms with Crippen LogP contribution in [0.3, 0.4) is 0 Å². The van der Waals surface area contributed by atoms with Crippen LogP contribution in [-0.2, 0) is 11.3 Å². The minimum Gasteiger partial charge on any atom is -0.508 e. The number of carbonyl (C=O) groups excluding carboxylic acids is 2. The lowest BCUT2D eigenvalue weighted by molar-refractivity contribution is -0.115. The Morgan fingerprint density at radius 1 is 1.13 bits per heavy atom. The van der Waals surface area contributed by atoms with Gasteiger partial charge >= 0.3 is 0 Å². The molecule has 0 aliphatic carbocycles. The molecule has 3 N–H and O–H groups in total. The summed E-state index contributed by atoms with van der Waals surface area (Å²) in [4.78, 5) is 23.2. The Labute approximate surface area is 133 Å². The first-order chi connectivity index (χ1) is 11.1. The van der Waals surface area contributed by atoms with Crippen LogP contribution in [0.1, 0.15) is 22.3 Å². The summed E-state index contributed by atoms with van der Waals surface area (Å²) < 4.78 is 0. The highest BCUT2D eigenvalue weighted by atomic mass is 16.3. The number of phenols is 1. The van der Waals surface area contributed by atoms with E-state index in [1.807, 2.05) is 0 Å². The monoisotopic (exact) mass is 309 g/mol. The Hall–Kier alpha value is -3.33. The summed E-state index contributed by atoms with van der Waals surface area (Å²) in [5.74, 6) is -0.611. The number of nitrogens with zero attached hydrogens (tertiary/aromatic N) is 1. The van der Waals surface area contributed by atoms with Crippen LogP contribution in [0.2, 0.25) is 0 Å². The predicted molar refractivity (Wildman–Crippen MR) is 84.6 cm³/mol. The van der Waals surface area contributed by atoms with Crippen LogP contribution in [0.5, 0.6) is 5.75 Å². The zero-order valence-electron chi connectivity index (χ0n) is 12.2. The van der Waals surface area contributed by atoms with Gasteiger partial charge in [0, 0.05) is 17.8 Å². The van der Waals surface area contributed by atoms with Crippen LogP contribution in [0.4, 0.5) is 5.69 Å². The summed E-state index contributed by atoms with van der Waals surface area (Å²) in [5.41, 5.74) is 1.83. The molecule has 2 amide bonds. The van der Waals surface area contributed by atoms with E-state index in [4.69, 9.17) is 5.26 Å². The van der Waals surface area contributed by atoms with Crippen molar-refractivity contribution in [1.29, 1.82) is 5.26 Å². The summed E-state index contributed by atoms with van der Waals surface area (Å²) in [6, 6.07) is 14.8. The number of nitriles is 1. The minimum atomic E-state index is -0.363. The zero-order valence-corrected chi connectivity index (χ0v) is 12.2. The molecule has 0 atom stereocenters. The molecule has 23 heavy (non-hydrogen) atoms. The van der Waals surface area contributed by atoms with Crippen LogP contribution < -0.4 is 10.6 Å². The van der Waals surface area contributed by atoms with Gasteiger partial charge in [0.1, 0.15) is 12.2 Å². The molecular weight excluding hydrogens is 294 g/mol. The maximum atomic E-state index is 11.9. The maximum Gasteiger partial charge on any atom is 0.251 e. The highest BCUT2D eigenvalue weighted by Crippen LogP contribution is 2.12. The summed E-state index contributed by atoms with van der Waals surface area (Å²) in [6.45, 7) is 0.320. The van der Waals surface area contributed by atoms with Crippen molar-refractivity contribution in [3.63, 3.8) is 0 Å². The van der Waals surface area contributed by atoms with E-state index in [1.165, 1.54) is 12.1 Å². The van der Waals surface area contributed by atoms with Gasteiger partial charge in [-0.3, -0.25) is 9.59 Å². The number of benzene rings is 2. The van der Waals surface area contributed by atoms with Crippen molar-refractivity contribution in [1.82, 2.24) is 5.32 Å². The van der Waals surface area contributed by atoms with Gasteiger partial charge in [-0.2, -0.15) is 5.26 Å². The molecular formula is C17H15N3O3. The highest BCUT2D eigenvalue weighted by molar-refractivity contribution is 5.94. The van der Waals surface area contributed by atoms with Gasteiger partial charge in [0.25, 0.3) is 5.91 Å². The van der Waals surface area contributed by atoms with Gasteiger partial charge in [-0.15, -0.1) is 0 Å². The summed E-state index contributed by atoms with van der Waals surface area (Å²) in [5, 5.41) is 23.1. The minimum absolute atomic E-state index is 0.0371. The Balaban J connectivity index is 1.90. The fourth-order valence-electron chi connectivity index (χ4n) is 1.91. The number of phenolic OH excluding ortho intramolecular Hbond substituents is 1. The number of rotatable bonds is 5. The first kappa shape index (κ1) is 16.0. The van der Waals surface area contributed by atoms with Crippen LogP contribution in [0.15, 0.2) is 48.5 Å². The number of amides is 2. The third kappa shape index (κ3) is 4.86. The van der Waals surface area contributed by atoms with E-state index in [9.17, 15) is 14.7 Å². The van der Waals surface area contributed by atoms with Gasteiger partial charge in [0.2, 0.25) is 5.91 Å². The summed E-state index contributed by atoms with van der Waals surface area (Å²) in [6.07, 6.45) is -0.193.